The van der Waals surface area contributed by atoms with Crippen LogP contribution in [0.3, 0.4) is 0 Å². The molecule has 2 nitrogen and oxygen atoms in total. The Morgan fingerprint density at radius 3 is 2.71 bits per heavy atom. The van der Waals surface area contributed by atoms with E-state index in [1.807, 2.05) is 6.92 Å². The van der Waals surface area contributed by atoms with Gasteiger partial charge < -0.3 is 10.6 Å². The molecule has 0 aliphatic carbocycles. The highest BCUT2D eigenvalue weighted by molar-refractivity contribution is 5.70. The molecule has 0 aromatic heterocycles. The molecule has 0 amide bonds. The second kappa shape index (κ2) is 3.44. The minimum absolute atomic E-state index is 0.371. The number of anilines is 2. The summed E-state index contributed by atoms with van der Waals surface area (Å²) >= 11 is 0. The van der Waals surface area contributed by atoms with E-state index in [1.165, 1.54) is 6.07 Å². The molecule has 1 aromatic rings. The molecule has 1 unspecified atom stereocenters. The fraction of sp³-hybridized carbons (Fsp3) is 0.400. The van der Waals surface area contributed by atoms with E-state index < -0.39 is 11.6 Å². The van der Waals surface area contributed by atoms with E-state index in [9.17, 15) is 8.78 Å². The maximum Gasteiger partial charge on any atom is 0.151 e. The average molecular weight is 198 g/mol. The molecule has 0 bridgehead atoms. The van der Waals surface area contributed by atoms with Gasteiger partial charge in [-0.1, -0.05) is 6.92 Å². The zero-order valence-electron chi connectivity index (χ0n) is 7.90. The van der Waals surface area contributed by atoms with Crippen molar-refractivity contribution in [2.24, 2.45) is 5.92 Å². The van der Waals surface area contributed by atoms with Crippen molar-refractivity contribution in [3.63, 3.8) is 0 Å². The van der Waals surface area contributed by atoms with E-state index >= 15 is 0 Å². The molecule has 0 spiro atoms. The van der Waals surface area contributed by atoms with Gasteiger partial charge in [0.1, 0.15) is 5.82 Å². The normalized spacial score (nSPS) is 20.4. The summed E-state index contributed by atoms with van der Waals surface area (Å²) in [7, 11) is 0. The molecule has 1 aliphatic rings. The van der Waals surface area contributed by atoms with Gasteiger partial charge in [0.05, 0.1) is 11.4 Å². The number of rotatable bonds is 0. The maximum absolute atomic E-state index is 13.3. The fourth-order valence-electron chi connectivity index (χ4n) is 1.53. The van der Waals surface area contributed by atoms with Crippen LogP contribution in [-0.2, 0) is 0 Å². The van der Waals surface area contributed by atoms with Gasteiger partial charge in [-0.15, -0.1) is 0 Å². The first-order valence-corrected chi connectivity index (χ1v) is 4.63. The number of fused-ring (bicyclic) bond motifs is 1. The summed E-state index contributed by atoms with van der Waals surface area (Å²) < 4.78 is 26.2. The topological polar surface area (TPSA) is 24.1 Å². The van der Waals surface area contributed by atoms with Gasteiger partial charge in [-0.25, -0.2) is 8.78 Å². The zero-order chi connectivity index (χ0) is 10.1. The quantitative estimate of drug-likeness (QED) is 0.669. The minimum Gasteiger partial charge on any atom is -0.383 e. The first kappa shape index (κ1) is 9.24. The first-order valence-electron chi connectivity index (χ1n) is 4.63. The Morgan fingerprint density at radius 2 is 1.93 bits per heavy atom. The number of hydrogen-bond donors (Lipinski definition) is 2. The summed E-state index contributed by atoms with van der Waals surface area (Å²) in [4.78, 5) is 0. The van der Waals surface area contributed by atoms with Gasteiger partial charge in [-0.2, -0.15) is 0 Å². The minimum atomic E-state index is -0.551. The van der Waals surface area contributed by atoms with E-state index in [4.69, 9.17) is 0 Å². The summed E-state index contributed by atoms with van der Waals surface area (Å²) in [6, 6.07) is 2.20. The van der Waals surface area contributed by atoms with Gasteiger partial charge in [0.2, 0.25) is 0 Å². The molecule has 14 heavy (non-hydrogen) atoms. The van der Waals surface area contributed by atoms with Crippen LogP contribution in [-0.4, -0.2) is 13.1 Å². The molecule has 76 valence electrons. The predicted molar refractivity (Wildman–Crippen MR) is 52.5 cm³/mol. The SMILES string of the molecule is CC1CNc2cc(F)cc(F)c2NC1. The third-order valence-corrected chi connectivity index (χ3v) is 2.32. The van der Waals surface area contributed by atoms with Crippen molar-refractivity contribution in [2.75, 3.05) is 23.7 Å². The zero-order valence-corrected chi connectivity index (χ0v) is 7.90. The van der Waals surface area contributed by atoms with Gasteiger partial charge in [0, 0.05) is 19.2 Å². The van der Waals surface area contributed by atoms with Crippen LogP contribution < -0.4 is 10.6 Å². The van der Waals surface area contributed by atoms with E-state index in [1.54, 1.807) is 0 Å². The molecule has 2 N–H and O–H groups in total. The summed E-state index contributed by atoms with van der Waals surface area (Å²) in [5.74, 6) is -0.698. The molecule has 0 radical (unpaired) electrons. The maximum atomic E-state index is 13.3. The lowest BCUT2D eigenvalue weighted by atomic mass is 10.2. The molecule has 0 saturated heterocycles. The van der Waals surface area contributed by atoms with Crippen molar-refractivity contribution < 1.29 is 8.78 Å². The Labute approximate surface area is 81.3 Å². The second-order valence-corrected chi connectivity index (χ2v) is 3.68. The Kier molecular flexibility index (Phi) is 2.27. The Bertz CT molecular complexity index is 352. The van der Waals surface area contributed by atoms with Crippen LogP contribution in [0.1, 0.15) is 6.92 Å². The van der Waals surface area contributed by atoms with E-state index in [0.717, 1.165) is 12.6 Å². The second-order valence-electron chi connectivity index (χ2n) is 3.68. The highest BCUT2D eigenvalue weighted by Crippen LogP contribution is 2.28. The first-order chi connectivity index (χ1) is 6.66. The van der Waals surface area contributed by atoms with Crippen molar-refractivity contribution in [1.82, 2.24) is 0 Å². The van der Waals surface area contributed by atoms with Crippen LogP contribution in [0, 0.1) is 17.6 Å². The van der Waals surface area contributed by atoms with E-state index in [-0.39, 0.29) is 0 Å². The summed E-state index contributed by atoms with van der Waals surface area (Å²) in [5.41, 5.74) is 0.877. The van der Waals surface area contributed by atoms with Gasteiger partial charge in [-0.3, -0.25) is 0 Å². The monoisotopic (exact) mass is 198 g/mol. The molecule has 2 rings (SSSR count). The molecule has 1 heterocycles. The molecule has 4 heteroatoms. The molecule has 1 aromatic carbocycles. The van der Waals surface area contributed by atoms with Crippen molar-refractivity contribution in [2.45, 2.75) is 6.92 Å². The predicted octanol–water partition coefficient (Wildman–Crippen LogP) is 2.44. The summed E-state index contributed by atoms with van der Waals surface area (Å²) in [6.45, 7) is 3.46. The van der Waals surface area contributed by atoms with Gasteiger partial charge >= 0.3 is 0 Å². The standard InChI is InChI=1S/C10H12F2N2/c1-6-4-13-9-3-7(11)2-8(12)10(9)14-5-6/h2-3,6,13-14H,4-5H2,1H3. The van der Waals surface area contributed by atoms with Gasteiger partial charge in [0.15, 0.2) is 5.82 Å². The van der Waals surface area contributed by atoms with Crippen molar-refractivity contribution >= 4 is 11.4 Å². The highest BCUT2D eigenvalue weighted by atomic mass is 19.1. The summed E-state index contributed by atoms with van der Waals surface area (Å²) in [6.07, 6.45) is 0. The highest BCUT2D eigenvalue weighted by Gasteiger charge is 2.15. The molecule has 1 aliphatic heterocycles. The average Bonchev–Trinajstić information content (AvgIpc) is 2.28. The van der Waals surface area contributed by atoms with Crippen molar-refractivity contribution in [3.05, 3.63) is 23.8 Å². The Hall–Kier alpha value is -1.32. The van der Waals surface area contributed by atoms with E-state index in [0.29, 0.717) is 23.8 Å². The van der Waals surface area contributed by atoms with E-state index in [2.05, 4.69) is 10.6 Å². The van der Waals surface area contributed by atoms with Crippen LogP contribution in [0.15, 0.2) is 12.1 Å². The van der Waals surface area contributed by atoms with Crippen LogP contribution >= 0.6 is 0 Å². The number of nitrogens with one attached hydrogen (secondary N) is 2. The van der Waals surface area contributed by atoms with Crippen LogP contribution in [0.5, 0.6) is 0 Å². The van der Waals surface area contributed by atoms with Crippen molar-refractivity contribution in [3.8, 4) is 0 Å². The third kappa shape index (κ3) is 1.64. The largest absolute Gasteiger partial charge is 0.383 e. The van der Waals surface area contributed by atoms with Crippen LogP contribution in [0.25, 0.3) is 0 Å². The lowest BCUT2D eigenvalue weighted by Gasteiger charge is -2.08. The van der Waals surface area contributed by atoms with Crippen molar-refractivity contribution in [1.29, 1.82) is 0 Å². The fourth-order valence-corrected chi connectivity index (χ4v) is 1.53. The smallest absolute Gasteiger partial charge is 0.151 e. The Morgan fingerprint density at radius 1 is 1.21 bits per heavy atom. The lowest BCUT2D eigenvalue weighted by molar-refractivity contribution is 0.586. The molecule has 1 atom stereocenters. The lowest BCUT2D eigenvalue weighted by Crippen LogP contribution is -2.14. The van der Waals surface area contributed by atoms with Crippen LogP contribution in [0.4, 0.5) is 20.2 Å². The number of benzene rings is 1. The summed E-state index contributed by atoms with van der Waals surface area (Å²) in [5, 5.41) is 5.98. The Balaban J connectivity index is 2.40. The van der Waals surface area contributed by atoms with Gasteiger partial charge in [-0.05, 0) is 12.0 Å². The van der Waals surface area contributed by atoms with Crippen LogP contribution in [0.2, 0.25) is 0 Å². The van der Waals surface area contributed by atoms with Gasteiger partial charge in [0.25, 0.3) is 0 Å². The third-order valence-electron chi connectivity index (χ3n) is 2.32. The number of hydrogen-bond acceptors (Lipinski definition) is 2. The molecule has 0 saturated carbocycles. The number of halogens is 2. The molecular formula is C10H12F2N2. The molecular weight excluding hydrogens is 186 g/mol. The molecule has 0 fully saturated rings.